The SMILES string of the molecule is CCCCc1nn2c(CO)c(-c3ccc(Cl)cc3)nc2s1. The van der Waals surface area contributed by atoms with E-state index in [1.807, 2.05) is 24.3 Å². The minimum atomic E-state index is -0.0872. The van der Waals surface area contributed by atoms with E-state index in [1.54, 1.807) is 15.9 Å². The van der Waals surface area contributed by atoms with E-state index in [4.69, 9.17) is 11.6 Å². The van der Waals surface area contributed by atoms with Crippen molar-refractivity contribution in [1.29, 1.82) is 0 Å². The van der Waals surface area contributed by atoms with Crippen molar-refractivity contribution in [3.05, 3.63) is 40.0 Å². The molecule has 0 unspecified atom stereocenters. The summed E-state index contributed by atoms with van der Waals surface area (Å²) in [6, 6.07) is 7.47. The van der Waals surface area contributed by atoms with Gasteiger partial charge in [0, 0.05) is 17.0 Å². The second-order valence-electron chi connectivity index (χ2n) is 4.87. The Labute approximate surface area is 132 Å². The van der Waals surface area contributed by atoms with E-state index in [0.717, 1.165) is 46.2 Å². The van der Waals surface area contributed by atoms with Gasteiger partial charge in [0.1, 0.15) is 5.01 Å². The third-order valence-electron chi connectivity index (χ3n) is 3.35. The zero-order valence-electron chi connectivity index (χ0n) is 11.7. The molecule has 0 atom stereocenters. The molecule has 4 nitrogen and oxygen atoms in total. The summed E-state index contributed by atoms with van der Waals surface area (Å²) < 4.78 is 1.76. The number of fused-ring (bicyclic) bond motifs is 1. The Hall–Kier alpha value is -1.43. The number of rotatable bonds is 5. The summed E-state index contributed by atoms with van der Waals surface area (Å²) in [6.07, 6.45) is 3.23. The monoisotopic (exact) mass is 321 g/mol. The van der Waals surface area contributed by atoms with Crippen LogP contribution in [-0.2, 0) is 13.0 Å². The number of aryl methyl sites for hydroxylation is 1. The maximum atomic E-state index is 9.68. The minimum absolute atomic E-state index is 0.0872. The van der Waals surface area contributed by atoms with E-state index >= 15 is 0 Å². The maximum absolute atomic E-state index is 9.68. The molecule has 0 aliphatic carbocycles. The van der Waals surface area contributed by atoms with Gasteiger partial charge in [-0.05, 0) is 18.6 Å². The molecule has 0 aliphatic heterocycles. The molecule has 0 saturated carbocycles. The van der Waals surface area contributed by atoms with Crippen LogP contribution in [0.4, 0.5) is 0 Å². The van der Waals surface area contributed by atoms with E-state index in [-0.39, 0.29) is 6.61 Å². The van der Waals surface area contributed by atoms with Gasteiger partial charge in [-0.3, -0.25) is 0 Å². The number of unbranched alkanes of at least 4 members (excludes halogenated alkanes) is 1. The Morgan fingerprint density at radius 2 is 2.05 bits per heavy atom. The maximum Gasteiger partial charge on any atom is 0.213 e. The average Bonchev–Trinajstić information content (AvgIpc) is 3.02. The molecule has 0 aliphatic rings. The molecule has 2 aromatic heterocycles. The third-order valence-corrected chi connectivity index (χ3v) is 4.57. The zero-order valence-corrected chi connectivity index (χ0v) is 13.3. The van der Waals surface area contributed by atoms with E-state index in [1.165, 1.54) is 0 Å². The van der Waals surface area contributed by atoms with Crippen LogP contribution < -0.4 is 0 Å². The molecule has 1 aromatic carbocycles. The molecule has 0 bridgehead atoms. The fourth-order valence-electron chi connectivity index (χ4n) is 2.24. The van der Waals surface area contributed by atoms with Crippen LogP contribution in [0, 0.1) is 0 Å². The number of aromatic nitrogens is 3. The predicted molar refractivity (Wildman–Crippen MR) is 85.8 cm³/mol. The summed E-state index contributed by atoms with van der Waals surface area (Å²) in [7, 11) is 0. The van der Waals surface area contributed by atoms with E-state index in [9.17, 15) is 5.11 Å². The Morgan fingerprint density at radius 3 is 2.71 bits per heavy atom. The van der Waals surface area contributed by atoms with Gasteiger partial charge in [-0.25, -0.2) is 9.50 Å². The molecule has 0 amide bonds. The number of imidazole rings is 1. The molecule has 2 heterocycles. The van der Waals surface area contributed by atoms with Crippen molar-refractivity contribution in [2.75, 3.05) is 0 Å². The second-order valence-corrected chi connectivity index (χ2v) is 6.34. The van der Waals surface area contributed by atoms with Crippen LogP contribution in [0.1, 0.15) is 30.5 Å². The Balaban J connectivity index is 2.03. The predicted octanol–water partition coefficient (Wildman–Crippen LogP) is 3.95. The van der Waals surface area contributed by atoms with Gasteiger partial charge in [0.05, 0.1) is 18.0 Å². The normalized spacial score (nSPS) is 11.4. The number of nitrogens with zero attached hydrogens (tertiary/aromatic N) is 3. The molecule has 21 heavy (non-hydrogen) atoms. The number of aliphatic hydroxyl groups excluding tert-OH is 1. The van der Waals surface area contributed by atoms with Gasteiger partial charge in [0.15, 0.2) is 0 Å². The second kappa shape index (κ2) is 6.13. The van der Waals surface area contributed by atoms with Crippen molar-refractivity contribution in [3.63, 3.8) is 0 Å². The molecular weight excluding hydrogens is 306 g/mol. The fraction of sp³-hybridized carbons (Fsp3) is 0.333. The molecule has 0 radical (unpaired) electrons. The highest BCUT2D eigenvalue weighted by Gasteiger charge is 2.17. The van der Waals surface area contributed by atoms with Crippen molar-refractivity contribution in [2.24, 2.45) is 0 Å². The summed E-state index contributed by atoms with van der Waals surface area (Å²) in [5.74, 6) is 0. The number of hydrogen-bond acceptors (Lipinski definition) is 4. The van der Waals surface area contributed by atoms with Crippen molar-refractivity contribution in [1.82, 2.24) is 14.6 Å². The Bertz CT molecular complexity index is 748. The standard InChI is InChI=1S/C15H16ClN3OS/c1-2-3-4-13-18-19-12(9-20)14(17-15(19)21-13)10-5-7-11(16)8-6-10/h5-8,20H,2-4,9H2,1H3. The third kappa shape index (κ3) is 2.81. The van der Waals surface area contributed by atoms with Crippen molar-refractivity contribution < 1.29 is 5.11 Å². The molecule has 3 rings (SSSR count). The number of hydrogen-bond donors (Lipinski definition) is 1. The first-order valence-corrected chi connectivity index (χ1v) is 8.16. The van der Waals surface area contributed by atoms with Gasteiger partial charge in [-0.1, -0.05) is 48.4 Å². The van der Waals surface area contributed by atoms with E-state index < -0.39 is 0 Å². The first-order valence-electron chi connectivity index (χ1n) is 6.97. The molecule has 0 spiro atoms. The number of halogens is 1. The molecule has 6 heteroatoms. The van der Waals surface area contributed by atoms with Crippen LogP contribution in [0.15, 0.2) is 24.3 Å². The molecule has 0 saturated heterocycles. The molecule has 3 aromatic rings. The first kappa shape index (κ1) is 14.5. The molecular formula is C15H16ClN3OS. The molecule has 110 valence electrons. The van der Waals surface area contributed by atoms with Gasteiger partial charge in [0.25, 0.3) is 0 Å². The van der Waals surface area contributed by atoms with Crippen LogP contribution in [0.3, 0.4) is 0 Å². The van der Waals surface area contributed by atoms with Crippen LogP contribution >= 0.6 is 22.9 Å². The molecule has 0 fully saturated rings. The minimum Gasteiger partial charge on any atom is -0.390 e. The zero-order chi connectivity index (χ0) is 14.8. The van der Waals surface area contributed by atoms with Crippen molar-refractivity contribution in [3.8, 4) is 11.3 Å². The summed E-state index contributed by atoms with van der Waals surface area (Å²) in [6.45, 7) is 2.08. The Kier molecular flexibility index (Phi) is 4.24. The van der Waals surface area contributed by atoms with Crippen LogP contribution in [-0.4, -0.2) is 19.7 Å². The highest BCUT2D eigenvalue weighted by Crippen LogP contribution is 2.28. The van der Waals surface area contributed by atoms with E-state index in [0.29, 0.717) is 5.02 Å². The smallest absolute Gasteiger partial charge is 0.213 e. The average molecular weight is 322 g/mol. The van der Waals surface area contributed by atoms with Gasteiger partial charge in [-0.15, -0.1) is 0 Å². The van der Waals surface area contributed by atoms with E-state index in [2.05, 4.69) is 17.0 Å². The lowest BCUT2D eigenvalue weighted by Crippen LogP contribution is -1.96. The highest BCUT2D eigenvalue weighted by molar-refractivity contribution is 7.16. The fourth-order valence-corrected chi connectivity index (χ4v) is 3.32. The van der Waals surface area contributed by atoms with Gasteiger partial charge >= 0.3 is 0 Å². The number of benzene rings is 1. The van der Waals surface area contributed by atoms with Crippen LogP contribution in [0.2, 0.25) is 5.02 Å². The highest BCUT2D eigenvalue weighted by atomic mass is 35.5. The summed E-state index contributed by atoms with van der Waals surface area (Å²) >= 11 is 7.50. The van der Waals surface area contributed by atoms with Gasteiger partial charge < -0.3 is 5.11 Å². The van der Waals surface area contributed by atoms with Crippen LogP contribution in [0.25, 0.3) is 16.2 Å². The number of aliphatic hydroxyl groups is 1. The Morgan fingerprint density at radius 1 is 1.29 bits per heavy atom. The lowest BCUT2D eigenvalue weighted by molar-refractivity contribution is 0.275. The molecule has 1 N–H and O–H groups in total. The summed E-state index contributed by atoms with van der Waals surface area (Å²) in [5.41, 5.74) is 2.44. The van der Waals surface area contributed by atoms with Gasteiger partial charge in [-0.2, -0.15) is 5.10 Å². The lowest BCUT2D eigenvalue weighted by Gasteiger charge is -2.01. The van der Waals surface area contributed by atoms with Crippen LogP contribution in [0.5, 0.6) is 0 Å². The quantitative estimate of drug-likeness (QED) is 0.774. The largest absolute Gasteiger partial charge is 0.390 e. The lowest BCUT2D eigenvalue weighted by atomic mass is 10.1. The van der Waals surface area contributed by atoms with Crippen molar-refractivity contribution in [2.45, 2.75) is 32.8 Å². The topological polar surface area (TPSA) is 50.4 Å². The summed E-state index contributed by atoms with van der Waals surface area (Å²) in [5, 5.41) is 16.0. The van der Waals surface area contributed by atoms with Gasteiger partial charge in [0.2, 0.25) is 4.96 Å². The van der Waals surface area contributed by atoms with Crippen molar-refractivity contribution >= 4 is 27.9 Å². The first-order chi connectivity index (χ1) is 10.2. The summed E-state index contributed by atoms with van der Waals surface area (Å²) in [4.78, 5) is 5.46.